The summed E-state index contributed by atoms with van der Waals surface area (Å²) in [6, 6.07) is 0. The lowest BCUT2D eigenvalue weighted by molar-refractivity contribution is 0.101. The molecule has 2 rings (SSSR count). The summed E-state index contributed by atoms with van der Waals surface area (Å²) in [5, 5.41) is 12.7. The van der Waals surface area contributed by atoms with Crippen LogP contribution >= 0.6 is 11.3 Å². The largest absolute Gasteiger partial charge is 0.393 e. The Hall–Kier alpha value is -0.410. The number of aliphatic hydroxyl groups excluding tert-OH is 1. The van der Waals surface area contributed by atoms with Crippen molar-refractivity contribution >= 4 is 11.3 Å². The lowest BCUT2D eigenvalue weighted by atomic mass is 9.85. The summed E-state index contributed by atoms with van der Waals surface area (Å²) in [6.07, 6.45) is 7.27. The molecule has 13 heavy (non-hydrogen) atoms. The zero-order valence-corrected chi connectivity index (χ0v) is 8.46. The van der Waals surface area contributed by atoms with Crippen molar-refractivity contribution in [2.24, 2.45) is 5.92 Å². The van der Waals surface area contributed by atoms with E-state index in [1.807, 2.05) is 11.6 Å². The number of rotatable bonds is 2. The number of thiazole rings is 1. The van der Waals surface area contributed by atoms with E-state index in [-0.39, 0.29) is 6.10 Å². The molecule has 1 aromatic rings. The highest BCUT2D eigenvalue weighted by Gasteiger charge is 2.20. The first-order chi connectivity index (χ1) is 6.34. The average molecular weight is 197 g/mol. The van der Waals surface area contributed by atoms with Crippen LogP contribution in [-0.4, -0.2) is 16.2 Å². The molecule has 0 saturated heterocycles. The van der Waals surface area contributed by atoms with E-state index >= 15 is 0 Å². The van der Waals surface area contributed by atoms with E-state index < -0.39 is 0 Å². The third-order valence-corrected chi connectivity index (χ3v) is 3.50. The fourth-order valence-electron chi connectivity index (χ4n) is 2.05. The molecule has 1 N–H and O–H groups in total. The highest BCUT2D eigenvalue weighted by molar-refractivity contribution is 7.09. The minimum Gasteiger partial charge on any atom is -0.393 e. The minimum atomic E-state index is -0.0567. The topological polar surface area (TPSA) is 33.1 Å². The SMILES string of the molecule is OC1CCCC(Cc2nccs2)C1. The predicted octanol–water partition coefficient (Wildman–Crippen LogP) is 2.24. The lowest BCUT2D eigenvalue weighted by Gasteiger charge is -2.24. The van der Waals surface area contributed by atoms with E-state index in [0.717, 1.165) is 19.3 Å². The maximum Gasteiger partial charge on any atom is 0.0927 e. The van der Waals surface area contributed by atoms with Gasteiger partial charge in [-0.3, -0.25) is 0 Å². The standard InChI is InChI=1S/C10H15NOS/c12-9-3-1-2-8(6-9)7-10-11-4-5-13-10/h4-5,8-9,12H,1-3,6-7H2. The van der Waals surface area contributed by atoms with Crippen LogP contribution in [0.5, 0.6) is 0 Å². The molecule has 0 radical (unpaired) electrons. The molecule has 0 aromatic carbocycles. The summed E-state index contributed by atoms with van der Waals surface area (Å²) < 4.78 is 0. The van der Waals surface area contributed by atoms with E-state index in [1.54, 1.807) is 11.3 Å². The summed E-state index contributed by atoms with van der Waals surface area (Å²) >= 11 is 1.73. The molecule has 3 heteroatoms. The van der Waals surface area contributed by atoms with Crippen molar-refractivity contribution in [2.45, 2.75) is 38.2 Å². The summed E-state index contributed by atoms with van der Waals surface area (Å²) in [6.45, 7) is 0. The Kier molecular flexibility index (Phi) is 2.96. The van der Waals surface area contributed by atoms with Crippen molar-refractivity contribution in [3.05, 3.63) is 16.6 Å². The molecule has 0 amide bonds. The second kappa shape index (κ2) is 4.20. The van der Waals surface area contributed by atoms with Crippen LogP contribution in [0.15, 0.2) is 11.6 Å². The molecule has 1 aromatic heterocycles. The zero-order valence-electron chi connectivity index (χ0n) is 7.65. The average Bonchev–Trinajstić information content (AvgIpc) is 2.57. The molecule has 1 aliphatic rings. The van der Waals surface area contributed by atoms with Gasteiger partial charge in [-0.05, 0) is 25.2 Å². The third kappa shape index (κ3) is 2.51. The molecule has 1 heterocycles. The van der Waals surface area contributed by atoms with Gasteiger partial charge in [0.15, 0.2) is 0 Å². The Morgan fingerprint density at radius 2 is 2.46 bits per heavy atom. The second-order valence-corrected chi connectivity index (χ2v) is 4.80. The molecule has 72 valence electrons. The van der Waals surface area contributed by atoms with Gasteiger partial charge >= 0.3 is 0 Å². The van der Waals surface area contributed by atoms with Gasteiger partial charge in [0.05, 0.1) is 11.1 Å². The molecule has 1 saturated carbocycles. The van der Waals surface area contributed by atoms with Crippen molar-refractivity contribution in [1.29, 1.82) is 0 Å². The fraction of sp³-hybridized carbons (Fsp3) is 0.700. The van der Waals surface area contributed by atoms with Gasteiger partial charge in [-0.1, -0.05) is 6.42 Å². The van der Waals surface area contributed by atoms with Crippen LogP contribution in [0.25, 0.3) is 0 Å². The van der Waals surface area contributed by atoms with Gasteiger partial charge in [-0.2, -0.15) is 0 Å². The maximum absolute atomic E-state index is 9.49. The molecular formula is C10H15NOS. The smallest absolute Gasteiger partial charge is 0.0927 e. The van der Waals surface area contributed by atoms with Crippen LogP contribution in [0, 0.1) is 5.92 Å². The molecule has 0 spiro atoms. The van der Waals surface area contributed by atoms with Gasteiger partial charge in [-0.25, -0.2) is 4.98 Å². The molecule has 2 unspecified atom stereocenters. The van der Waals surface area contributed by atoms with Crippen LogP contribution in [-0.2, 0) is 6.42 Å². The minimum absolute atomic E-state index is 0.0567. The number of aromatic nitrogens is 1. The molecule has 1 aliphatic carbocycles. The summed E-state index contributed by atoms with van der Waals surface area (Å²) in [7, 11) is 0. The van der Waals surface area contributed by atoms with Crippen LogP contribution in [0.3, 0.4) is 0 Å². The maximum atomic E-state index is 9.49. The Balaban J connectivity index is 1.87. The van der Waals surface area contributed by atoms with Crippen LogP contribution in [0.4, 0.5) is 0 Å². The van der Waals surface area contributed by atoms with Crippen molar-refractivity contribution in [2.75, 3.05) is 0 Å². The Morgan fingerprint density at radius 3 is 3.15 bits per heavy atom. The first kappa shape index (κ1) is 9.16. The van der Waals surface area contributed by atoms with Gasteiger partial charge in [0.25, 0.3) is 0 Å². The first-order valence-electron chi connectivity index (χ1n) is 4.91. The van der Waals surface area contributed by atoms with Crippen LogP contribution in [0.1, 0.15) is 30.7 Å². The van der Waals surface area contributed by atoms with Gasteiger partial charge in [-0.15, -0.1) is 11.3 Å². The lowest BCUT2D eigenvalue weighted by Crippen LogP contribution is -2.20. The van der Waals surface area contributed by atoms with Crippen molar-refractivity contribution < 1.29 is 5.11 Å². The number of hydrogen-bond donors (Lipinski definition) is 1. The van der Waals surface area contributed by atoms with Gasteiger partial charge in [0, 0.05) is 18.0 Å². The van der Waals surface area contributed by atoms with E-state index in [1.165, 1.54) is 17.8 Å². The fourth-order valence-corrected chi connectivity index (χ4v) is 2.78. The predicted molar refractivity (Wildman–Crippen MR) is 53.8 cm³/mol. The van der Waals surface area contributed by atoms with Crippen molar-refractivity contribution in [3.8, 4) is 0 Å². The Bertz CT molecular complexity index is 247. The van der Waals surface area contributed by atoms with Gasteiger partial charge < -0.3 is 5.11 Å². The van der Waals surface area contributed by atoms with E-state index in [4.69, 9.17) is 0 Å². The van der Waals surface area contributed by atoms with Crippen molar-refractivity contribution in [1.82, 2.24) is 4.98 Å². The Labute approximate surface area is 82.6 Å². The van der Waals surface area contributed by atoms with E-state index in [0.29, 0.717) is 5.92 Å². The normalized spacial score (nSPS) is 29.0. The zero-order chi connectivity index (χ0) is 9.10. The highest BCUT2D eigenvalue weighted by Crippen LogP contribution is 2.27. The summed E-state index contributed by atoms with van der Waals surface area (Å²) in [4.78, 5) is 4.27. The van der Waals surface area contributed by atoms with Gasteiger partial charge in [0.1, 0.15) is 0 Å². The molecule has 2 nitrogen and oxygen atoms in total. The highest BCUT2D eigenvalue weighted by atomic mass is 32.1. The molecule has 0 bridgehead atoms. The first-order valence-corrected chi connectivity index (χ1v) is 5.79. The van der Waals surface area contributed by atoms with Crippen molar-refractivity contribution in [3.63, 3.8) is 0 Å². The number of nitrogens with zero attached hydrogens (tertiary/aromatic N) is 1. The van der Waals surface area contributed by atoms with Crippen LogP contribution in [0.2, 0.25) is 0 Å². The number of hydrogen-bond acceptors (Lipinski definition) is 3. The third-order valence-electron chi connectivity index (χ3n) is 2.70. The van der Waals surface area contributed by atoms with Crippen LogP contribution < -0.4 is 0 Å². The summed E-state index contributed by atoms with van der Waals surface area (Å²) in [5.74, 6) is 0.662. The van der Waals surface area contributed by atoms with E-state index in [9.17, 15) is 5.11 Å². The molecule has 2 atom stereocenters. The molecule has 1 fully saturated rings. The number of aliphatic hydroxyl groups is 1. The monoisotopic (exact) mass is 197 g/mol. The molecule has 0 aliphatic heterocycles. The van der Waals surface area contributed by atoms with E-state index in [2.05, 4.69) is 4.98 Å². The molecular weight excluding hydrogens is 182 g/mol. The quantitative estimate of drug-likeness (QED) is 0.788. The second-order valence-electron chi connectivity index (χ2n) is 3.82. The van der Waals surface area contributed by atoms with Gasteiger partial charge in [0.2, 0.25) is 0 Å². The Morgan fingerprint density at radius 1 is 1.54 bits per heavy atom. The summed E-state index contributed by atoms with van der Waals surface area (Å²) in [5.41, 5.74) is 0.